The highest BCUT2D eigenvalue weighted by molar-refractivity contribution is 6.34. The van der Waals surface area contributed by atoms with Crippen LogP contribution in [0.3, 0.4) is 0 Å². The van der Waals surface area contributed by atoms with Gasteiger partial charge in [-0.3, -0.25) is 5.41 Å². The van der Waals surface area contributed by atoms with Gasteiger partial charge < -0.3 is 15.7 Å². The fourth-order valence-corrected chi connectivity index (χ4v) is 2.54. The van der Waals surface area contributed by atoms with Crippen molar-refractivity contribution in [2.75, 3.05) is 18.0 Å². The van der Waals surface area contributed by atoms with Crippen molar-refractivity contribution < 1.29 is 5.11 Å². The second kappa shape index (κ2) is 4.78. The van der Waals surface area contributed by atoms with Gasteiger partial charge in [0.25, 0.3) is 0 Å². The van der Waals surface area contributed by atoms with Crippen LogP contribution in [-0.2, 0) is 0 Å². The minimum absolute atomic E-state index is 0.0204. The lowest BCUT2D eigenvalue weighted by molar-refractivity contribution is 0.0351. The second-order valence-corrected chi connectivity index (χ2v) is 5.44. The summed E-state index contributed by atoms with van der Waals surface area (Å²) < 4.78 is 0. The Bertz CT molecular complexity index is 463. The van der Waals surface area contributed by atoms with E-state index in [1.807, 2.05) is 19.1 Å². The Morgan fingerprint density at radius 1 is 1.44 bits per heavy atom. The first-order chi connectivity index (χ1) is 8.41. The van der Waals surface area contributed by atoms with E-state index in [9.17, 15) is 5.11 Å². The van der Waals surface area contributed by atoms with Gasteiger partial charge in [0.1, 0.15) is 5.84 Å². The number of anilines is 1. The van der Waals surface area contributed by atoms with Crippen LogP contribution in [0.1, 0.15) is 25.3 Å². The van der Waals surface area contributed by atoms with Gasteiger partial charge in [-0.25, -0.2) is 0 Å². The summed E-state index contributed by atoms with van der Waals surface area (Å²) in [5, 5.41) is 18.1. The summed E-state index contributed by atoms with van der Waals surface area (Å²) in [6.07, 6.45) is 1.41. The van der Waals surface area contributed by atoms with E-state index in [4.69, 9.17) is 22.7 Å². The molecule has 98 valence electrons. The van der Waals surface area contributed by atoms with Gasteiger partial charge >= 0.3 is 0 Å². The molecular weight excluding hydrogens is 250 g/mol. The predicted octanol–water partition coefficient (Wildman–Crippen LogP) is 1.98. The molecule has 0 atom stereocenters. The molecule has 0 unspecified atom stereocenters. The third-order valence-electron chi connectivity index (χ3n) is 3.44. The van der Waals surface area contributed by atoms with Gasteiger partial charge in [-0.1, -0.05) is 17.7 Å². The van der Waals surface area contributed by atoms with Crippen molar-refractivity contribution in [1.29, 1.82) is 5.41 Å². The number of halogens is 1. The molecule has 4 N–H and O–H groups in total. The maximum absolute atomic E-state index is 9.95. The lowest BCUT2D eigenvalue weighted by Crippen LogP contribution is -2.43. The quantitative estimate of drug-likeness (QED) is 0.567. The van der Waals surface area contributed by atoms with E-state index in [1.54, 1.807) is 6.07 Å². The Kier molecular flexibility index (Phi) is 3.50. The summed E-state index contributed by atoms with van der Waals surface area (Å²) in [6.45, 7) is 3.34. The molecule has 0 aromatic heterocycles. The van der Waals surface area contributed by atoms with Crippen LogP contribution in [0.2, 0.25) is 5.02 Å². The fourth-order valence-electron chi connectivity index (χ4n) is 2.27. The molecule has 4 nitrogen and oxygen atoms in total. The minimum Gasteiger partial charge on any atom is -0.390 e. The maximum atomic E-state index is 9.95. The zero-order valence-electron chi connectivity index (χ0n) is 10.4. The molecular formula is C13H18ClN3O. The van der Waals surface area contributed by atoms with E-state index >= 15 is 0 Å². The first-order valence-electron chi connectivity index (χ1n) is 6.01. The SMILES string of the molecule is CC1(O)CCN(c2cccc(Cl)c2C(=N)N)CC1. The molecule has 18 heavy (non-hydrogen) atoms. The molecule has 0 bridgehead atoms. The molecule has 1 aliphatic rings. The Hall–Kier alpha value is -1.26. The Morgan fingerprint density at radius 2 is 2.06 bits per heavy atom. The van der Waals surface area contributed by atoms with Gasteiger partial charge in [0, 0.05) is 18.8 Å². The van der Waals surface area contributed by atoms with Gasteiger partial charge in [0.2, 0.25) is 0 Å². The summed E-state index contributed by atoms with van der Waals surface area (Å²) in [7, 11) is 0. The highest BCUT2D eigenvalue weighted by Gasteiger charge is 2.28. The van der Waals surface area contributed by atoms with Gasteiger partial charge in [-0.15, -0.1) is 0 Å². The number of nitrogen functional groups attached to an aromatic ring is 1. The summed E-state index contributed by atoms with van der Waals surface area (Å²) >= 11 is 6.10. The fraction of sp³-hybridized carbons (Fsp3) is 0.462. The normalized spacial score (nSPS) is 18.7. The zero-order chi connectivity index (χ0) is 13.3. The Morgan fingerprint density at radius 3 is 2.61 bits per heavy atom. The number of hydrogen-bond acceptors (Lipinski definition) is 3. The van der Waals surface area contributed by atoms with E-state index in [0.29, 0.717) is 23.4 Å². The summed E-state index contributed by atoms with van der Waals surface area (Å²) in [5.41, 5.74) is 6.47. The van der Waals surface area contributed by atoms with Crippen LogP contribution in [-0.4, -0.2) is 29.6 Å². The van der Waals surface area contributed by atoms with Crippen LogP contribution in [0.4, 0.5) is 5.69 Å². The van der Waals surface area contributed by atoms with Crippen LogP contribution in [0.5, 0.6) is 0 Å². The number of aliphatic hydroxyl groups is 1. The lowest BCUT2D eigenvalue weighted by Gasteiger charge is -2.38. The molecule has 1 aromatic rings. The first-order valence-corrected chi connectivity index (χ1v) is 6.39. The third kappa shape index (κ3) is 2.60. The van der Waals surface area contributed by atoms with E-state index < -0.39 is 5.60 Å². The monoisotopic (exact) mass is 267 g/mol. The van der Waals surface area contributed by atoms with Crippen LogP contribution >= 0.6 is 11.6 Å². The average Bonchev–Trinajstić information content (AvgIpc) is 2.28. The van der Waals surface area contributed by atoms with Crippen molar-refractivity contribution in [3.63, 3.8) is 0 Å². The van der Waals surface area contributed by atoms with Gasteiger partial charge in [-0.2, -0.15) is 0 Å². The van der Waals surface area contributed by atoms with Crippen LogP contribution in [0, 0.1) is 5.41 Å². The van der Waals surface area contributed by atoms with E-state index in [0.717, 1.165) is 18.8 Å². The van der Waals surface area contributed by atoms with Crippen molar-refractivity contribution in [2.45, 2.75) is 25.4 Å². The molecule has 0 radical (unpaired) electrons. The van der Waals surface area contributed by atoms with Gasteiger partial charge in [0.05, 0.1) is 16.2 Å². The average molecular weight is 268 g/mol. The number of nitrogens with two attached hydrogens (primary N) is 1. The highest BCUT2D eigenvalue weighted by Crippen LogP contribution is 2.31. The van der Waals surface area contributed by atoms with E-state index in [1.165, 1.54) is 0 Å². The molecule has 0 spiro atoms. The molecule has 1 fully saturated rings. The van der Waals surface area contributed by atoms with Crippen molar-refractivity contribution in [3.8, 4) is 0 Å². The third-order valence-corrected chi connectivity index (χ3v) is 3.76. The summed E-state index contributed by atoms with van der Waals surface area (Å²) in [6, 6.07) is 5.52. The van der Waals surface area contributed by atoms with Gasteiger partial charge in [-0.05, 0) is 31.9 Å². The molecule has 1 heterocycles. The molecule has 1 aliphatic heterocycles. The molecule has 0 amide bonds. The lowest BCUT2D eigenvalue weighted by atomic mass is 9.93. The maximum Gasteiger partial charge on any atom is 0.126 e. The molecule has 1 aromatic carbocycles. The Labute approximate surface area is 112 Å². The van der Waals surface area contributed by atoms with Gasteiger partial charge in [0.15, 0.2) is 0 Å². The summed E-state index contributed by atoms with van der Waals surface area (Å²) in [4.78, 5) is 2.13. The number of rotatable bonds is 2. The topological polar surface area (TPSA) is 73.3 Å². The summed E-state index contributed by atoms with van der Waals surface area (Å²) in [5.74, 6) is -0.0204. The smallest absolute Gasteiger partial charge is 0.126 e. The number of amidine groups is 1. The highest BCUT2D eigenvalue weighted by atomic mass is 35.5. The molecule has 0 aliphatic carbocycles. The second-order valence-electron chi connectivity index (χ2n) is 5.03. The van der Waals surface area contributed by atoms with E-state index in [2.05, 4.69) is 4.90 Å². The van der Waals surface area contributed by atoms with Crippen LogP contribution in [0.15, 0.2) is 18.2 Å². The number of nitrogens with one attached hydrogen (secondary N) is 1. The first kappa shape index (κ1) is 13.2. The van der Waals surface area contributed by atoms with Crippen molar-refractivity contribution in [1.82, 2.24) is 0 Å². The number of nitrogens with zero attached hydrogens (tertiary/aromatic N) is 1. The minimum atomic E-state index is -0.592. The predicted molar refractivity (Wildman–Crippen MR) is 74.5 cm³/mol. The number of hydrogen-bond donors (Lipinski definition) is 3. The largest absolute Gasteiger partial charge is 0.390 e. The molecule has 2 rings (SSSR count). The van der Waals surface area contributed by atoms with Crippen LogP contribution < -0.4 is 10.6 Å². The number of benzene rings is 1. The molecule has 5 heteroatoms. The van der Waals surface area contributed by atoms with Crippen molar-refractivity contribution >= 4 is 23.1 Å². The Balaban J connectivity index is 2.30. The van der Waals surface area contributed by atoms with Crippen molar-refractivity contribution in [3.05, 3.63) is 28.8 Å². The number of piperidine rings is 1. The molecule has 1 saturated heterocycles. The van der Waals surface area contributed by atoms with Crippen molar-refractivity contribution in [2.24, 2.45) is 5.73 Å². The van der Waals surface area contributed by atoms with E-state index in [-0.39, 0.29) is 5.84 Å². The molecule has 0 saturated carbocycles. The van der Waals surface area contributed by atoms with Crippen LogP contribution in [0.25, 0.3) is 0 Å². The standard InChI is InChI=1S/C13H18ClN3O/c1-13(18)5-7-17(8-6-13)10-4-2-3-9(14)11(10)12(15)16/h2-4,18H,5-8H2,1H3,(H3,15,16). The zero-order valence-corrected chi connectivity index (χ0v) is 11.2.